The van der Waals surface area contributed by atoms with Gasteiger partial charge in [0.25, 0.3) is 0 Å². The van der Waals surface area contributed by atoms with Gasteiger partial charge in [-0.15, -0.1) is 6.58 Å². The Morgan fingerprint density at radius 3 is 2.70 bits per heavy atom. The number of rotatable bonds is 9. The highest BCUT2D eigenvalue weighted by Crippen LogP contribution is 2.09. The smallest absolute Gasteiger partial charge is 0.236 e. The van der Waals surface area contributed by atoms with Crippen LogP contribution in [0.5, 0.6) is 0 Å². The van der Waals surface area contributed by atoms with Crippen LogP contribution in [0.25, 0.3) is 0 Å². The van der Waals surface area contributed by atoms with Crippen molar-refractivity contribution in [1.29, 1.82) is 0 Å². The van der Waals surface area contributed by atoms with Crippen LogP contribution in [-0.4, -0.2) is 75.2 Å². The molecule has 1 amide bonds. The predicted octanol–water partition coefficient (Wildman–Crippen LogP) is 0.721. The van der Waals surface area contributed by atoms with Gasteiger partial charge in [-0.1, -0.05) is 6.08 Å². The lowest BCUT2D eigenvalue weighted by Crippen LogP contribution is -2.46. The third-order valence-corrected chi connectivity index (χ3v) is 3.59. The molecule has 0 aromatic rings. The Labute approximate surface area is 122 Å². The molecule has 0 saturated carbocycles. The second kappa shape index (κ2) is 9.91. The van der Waals surface area contributed by atoms with E-state index < -0.39 is 0 Å². The Hall–Kier alpha value is -0.910. The third kappa shape index (κ3) is 7.03. The van der Waals surface area contributed by atoms with Gasteiger partial charge in [0.05, 0.1) is 19.8 Å². The lowest BCUT2D eigenvalue weighted by atomic mass is 10.1. The van der Waals surface area contributed by atoms with Crippen LogP contribution in [0, 0.1) is 0 Å². The Morgan fingerprint density at radius 1 is 1.40 bits per heavy atom. The van der Waals surface area contributed by atoms with Crippen LogP contribution >= 0.6 is 0 Å². The van der Waals surface area contributed by atoms with Crippen LogP contribution in [-0.2, 0) is 9.53 Å². The van der Waals surface area contributed by atoms with E-state index in [-0.39, 0.29) is 5.91 Å². The fourth-order valence-corrected chi connectivity index (χ4v) is 2.23. The fraction of sp³-hybridized carbons (Fsp3) is 0.800. The van der Waals surface area contributed by atoms with E-state index in [1.165, 1.54) is 0 Å². The average Bonchev–Trinajstić information content (AvgIpc) is 2.44. The summed E-state index contributed by atoms with van der Waals surface area (Å²) in [7, 11) is 3.62. The zero-order chi connectivity index (χ0) is 14.8. The SMILES string of the molecule is C=CCCOCCNC1CCN(CC(=O)N(C)C)CC1. The van der Waals surface area contributed by atoms with Gasteiger partial charge >= 0.3 is 0 Å². The number of hydrogen-bond acceptors (Lipinski definition) is 4. The molecule has 1 N–H and O–H groups in total. The molecule has 0 unspecified atom stereocenters. The number of amides is 1. The van der Waals surface area contributed by atoms with E-state index in [9.17, 15) is 4.79 Å². The summed E-state index contributed by atoms with van der Waals surface area (Å²) in [4.78, 5) is 15.5. The number of hydrogen-bond donors (Lipinski definition) is 1. The van der Waals surface area contributed by atoms with Crippen molar-refractivity contribution in [3.05, 3.63) is 12.7 Å². The first-order valence-corrected chi connectivity index (χ1v) is 7.48. The molecule has 0 aromatic carbocycles. The molecule has 0 spiro atoms. The van der Waals surface area contributed by atoms with Crippen LogP contribution < -0.4 is 5.32 Å². The second-order valence-electron chi connectivity index (χ2n) is 5.48. The molecule has 1 heterocycles. The average molecular weight is 283 g/mol. The molecule has 1 saturated heterocycles. The number of nitrogens with zero attached hydrogens (tertiary/aromatic N) is 2. The van der Waals surface area contributed by atoms with Crippen molar-refractivity contribution in [1.82, 2.24) is 15.1 Å². The lowest BCUT2D eigenvalue weighted by molar-refractivity contribution is -0.130. The molecule has 116 valence electrons. The van der Waals surface area contributed by atoms with Gasteiger partial charge in [-0.25, -0.2) is 0 Å². The number of piperidine rings is 1. The molecule has 0 radical (unpaired) electrons. The first kappa shape index (κ1) is 17.1. The van der Waals surface area contributed by atoms with Crippen molar-refractivity contribution in [3.63, 3.8) is 0 Å². The van der Waals surface area contributed by atoms with Gasteiger partial charge in [-0.2, -0.15) is 0 Å². The van der Waals surface area contributed by atoms with Crippen LogP contribution in [0.3, 0.4) is 0 Å². The van der Waals surface area contributed by atoms with Gasteiger partial charge in [-0.05, 0) is 19.3 Å². The van der Waals surface area contributed by atoms with Crippen molar-refractivity contribution >= 4 is 5.91 Å². The predicted molar refractivity (Wildman–Crippen MR) is 81.8 cm³/mol. The van der Waals surface area contributed by atoms with E-state index in [1.807, 2.05) is 20.2 Å². The number of ether oxygens (including phenoxy) is 1. The zero-order valence-electron chi connectivity index (χ0n) is 12.9. The number of likely N-dealkylation sites (tertiary alicyclic amines) is 1. The number of carbonyl (C=O) groups excluding carboxylic acids is 1. The summed E-state index contributed by atoms with van der Waals surface area (Å²) in [5.74, 6) is 0.187. The minimum Gasteiger partial charge on any atom is -0.380 e. The van der Waals surface area contributed by atoms with Gasteiger partial charge < -0.3 is 15.0 Å². The molecule has 0 atom stereocenters. The normalized spacial score (nSPS) is 17.1. The molecule has 0 bridgehead atoms. The fourth-order valence-electron chi connectivity index (χ4n) is 2.23. The number of carbonyl (C=O) groups is 1. The van der Waals surface area contributed by atoms with Crippen LogP contribution in [0.2, 0.25) is 0 Å². The standard InChI is InChI=1S/C15H29N3O2/c1-4-5-11-20-12-8-16-14-6-9-18(10-7-14)13-15(19)17(2)3/h4,14,16H,1,5-13H2,2-3H3. The molecule has 1 aliphatic rings. The summed E-state index contributed by atoms with van der Waals surface area (Å²) in [5.41, 5.74) is 0. The molecule has 5 heteroatoms. The maximum atomic E-state index is 11.6. The molecule has 0 aromatic heterocycles. The molecular weight excluding hydrogens is 254 g/mol. The van der Waals surface area contributed by atoms with Crippen molar-refractivity contribution in [2.45, 2.75) is 25.3 Å². The molecule has 5 nitrogen and oxygen atoms in total. The van der Waals surface area contributed by atoms with Gasteiger partial charge in [-0.3, -0.25) is 9.69 Å². The molecule has 1 fully saturated rings. The Morgan fingerprint density at radius 2 is 2.10 bits per heavy atom. The number of likely N-dealkylation sites (N-methyl/N-ethyl adjacent to an activating group) is 1. The Bertz CT molecular complexity index is 287. The highest BCUT2D eigenvalue weighted by molar-refractivity contribution is 5.77. The monoisotopic (exact) mass is 283 g/mol. The quantitative estimate of drug-likeness (QED) is 0.500. The van der Waals surface area contributed by atoms with Crippen LogP contribution in [0.4, 0.5) is 0 Å². The van der Waals surface area contributed by atoms with Crippen molar-refractivity contribution < 1.29 is 9.53 Å². The van der Waals surface area contributed by atoms with E-state index in [1.54, 1.807) is 4.90 Å². The van der Waals surface area contributed by atoms with E-state index >= 15 is 0 Å². The number of nitrogens with one attached hydrogen (secondary N) is 1. The summed E-state index contributed by atoms with van der Waals surface area (Å²) < 4.78 is 5.47. The molecule has 1 aliphatic heterocycles. The minimum absolute atomic E-state index is 0.187. The van der Waals surface area contributed by atoms with Gasteiger partial charge in [0.1, 0.15) is 0 Å². The van der Waals surface area contributed by atoms with Crippen molar-refractivity contribution in [2.24, 2.45) is 0 Å². The van der Waals surface area contributed by atoms with E-state index in [0.717, 1.165) is 52.1 Å². The summed E-state index contributed by atoms with van der Waals surface area (Å²) in [6.45, 7) is 8.62. The maximum Gasteiger partial charge on any atom is 0.236 e. The summed E-state index contributed by atoms with van der Waals surface area (Å²) in [6, 6.07) is 0.559. The van der Waals surface area contributed by atoms with E-state index in [0.29, 0.717) is 12.6 Å². The summed E-state index contributed by atoms with van der Waals surface area (Å²) >= 11 is 0. The Kier molecular flexibility index (Phi) is 8.49. The van der Waals surface area contributed by atoms with E-state index in [2.05, 4.69) is 16.8 Å². The second-order valence-corrected chi connectivity index (χ2v) is 5.48. The first-order chi connectivity index (χ1) is 9.63. The van der Waals surface area contributed by atoms with Crippen molar-refractivity contribution in [3.8, 4) is 0 Å². The highest BCUT2D eigenvalue weighted by Gasteiger charge is 2.20. The lowest BCUT2D eigenvalue weighted by Gasteiger charge is -2.32. The maximum absolute atomic E-state index is 11.6. The van der Waals surface area contributed by atoms with Gasteiger partial charge in [0, 0.05) is 39.8 Å². The molecule has 20 heavy (non-hydrogen) atoms. The first-order valence-electron chi connectivity index (χ1n) is 7.48. The van der Waals surface area contributed by atoms with Gasteiger partial charge in [0.15, 0.2) is 0 Å². The van der Waals surface area contributed by atoms with E-state index in [4.69, 9.17) is 4.74 Å². The topological polar surface area (TPSA) is 44.8 Å². The third-order valence-electron chi connectivity index (χ3n) is 3.59. The van der Waals surface area contributed by atoms with Crippen molar-refractivity contribution in [2.75, 3.05) is 53.5 Å². The molecular formula is C15H29N3O2. The molecule has 1 rings (SSSR count). The highest BCUT2D eigenvalue weighted by atomic mass is 16.5. The minimum atomic E-state index is 0.187. The largest absolute Gasteiger partial charge is 0.380 e. The summed E-state index contributed by atoms with van der Waals surface area (Å²) in [6.07, 6.45) is 5.00. The van der Waals surface area contributed by atoms with Gasteiger partial charge in [0.2, 0.25) is 5.91 Å². The molecule has 0 aliphatic carbocycles. The Balaban J connectivity index is 2.04. The summed E-state index contributed by atoms with van der Waals surface area (Å²) in [5, 5.41) is 3.52. The van der Waals surface area contributed by atoms with Crippen LogP contribution in [0.15, 0.2) is 12.7 Å². The zero-order valence-corrected chi connectivity index (χ0v) is 12.9. The van der Waals surface area contributed by atoms with Crippen LogP contribution in [0.1, 0.15) is 19.3 Å².